The molecule has 1 unspecified atom stereocenters. The van der Waals surface area contributed by atoms with Crippen molar-refractivity contribution in [2.45, 2.75) is 57.3 Å². The summed E-state index contributed by atoms with van der Waals surface area (Å²) in [6.07, 6.45) is 1.82. The average Bonchev–Trinajstić information content (AvgIpc) is 3.56. The number of ether oxygens (including phenoxy) is 1. The predicted molar refractivity (Wildman–Crippen MR) is 128 cm³/mol. The molecule has 1 aromatic carbocycles. The van der Waals surface area contributed by atoms with Crippen LogP contribution in [0.25, 0.3) is 0 Å². The van der Waals surface area contributed by atoms with Gasteiger partial charge in [-0.2, -0.15) is 18.3 Å². The molecular formula is C24H29F3N4O4S. The number of carbonyl (C=O) groups excluding carboxylic acids is 2. The topological polar surface area (TPSA) is 108 Å². The van der Waals surface area contributed by atoms with Gasteiger partial charge in [0, 0.05) is 19.0 Å². The van der Waals surface area contributed by atoms with Crippen LogP contribution in [0.15, 0.2) is 24.3 Å². The molecule has 1 aliphatic carbocycles. The molecule has 0 radical (unpaired) electrons. The Hall–Kier alpha value is -2.73. The molecule has 0 spiro atoms. The van der Waals surface area contributed by atoms with E-state index in [2.05, 4.69) is 15.7 Å². The number of anilines is 1. The molecule has 2 aliphatic rings. The van der Waals surface area contributed by atoms with Crippen molar-refractivity contribution in [3.63, 3.8) is 0 Å². The zero-order chi connectivity index (χ0) is 25.9. The van der Waals surface area contributed by atoms with Crippen LogP contribution in [-0.2, 0) is 35.4 Å². The van der Waals surface area contributed by atoms with E-state index in [0.29, 0.717) is 48.8 Å². The van der Waals surface area contributed by atoms with Crippen LogP contribution in [0, 0.1) is 5.92 Å². The molecule has 12 heteroatoms. The Labute approximate surface area is 210 Å². The molecule has 2 atom stereocenters. The number of benzene rings is 1. The van der Waals surface area contributed by atoms with Gasteiger partial charge in [-0.25, -0.2) is 4.68 Å². The number of alkyl halides is 3. The van der Waals surface area contributed by atoms with Gasteiger partial charge in [0.1, 0.15) is 17.1 Å². The number of nitrogens with zero attached hydrogens (tertiary/aromatic N) is 2. The average molecular weight is 527 g/mol. The van der Waals surface area contributed by atoms with Gasteiger partial charge in [-0.3, -0.25) is 9.59 Å². The highest BCUT2D eigenvalue weighted by atomic mass is 32.2. The molecule has 1 saturated carbocycles. The summed E-state index contributed by atoms with van der Waals surface area (Å²) in [5.74, 6) is 0.172. The van der Waals surface area contributed by atoms with E-state index in [1.54, 1.807) is 22.9 Å². The zero-order valence-corrected chi connectivity index (χ0v) is 20.7. The normalized spacial score (nSPS) is 18.4. The number of rotatable bonds is 11. The first kappa shape index (κ1) is 26.3. The summed E-state index contributed by atoms with van der Waals surface area (Å²) < 4.78 is 55.2. The number of carbonyl (C=O) groups is 2. The molecule has 2 N–H and O–H groups in total. The Morgan fingerprint density at radius 3 is 2.81 bits per heavy atom. The summed E-state index contributed by atoms with van der Waals surface area (Å²) in [6.45, 7) is -0.778. The number of fused-ring (bicyclic) bond motifs is 1. The molecule has 2 amide bonds. The van der Waals surface area contributed by atoms with E-state index >= 15 is 0 Å². The summed E-state index contributed by atoms with van der Waals surface area (Å²) in [6, 6.07) is 6.26. The van der Waals surface area contributed by atoms with Crippen LogP contribution in [0.3, 0.4) is 0 Å². The molecule has 196 valence electrons. The largest absolute Gasteiger partial charge is 0.616 e. The maximum absolute atomic E-state index is 13.0. The lowest BCUT2D eigenvalue weighted by molar-refractivity contribution is -0.153. The summed E-state index contributed by atoms with van der Waals surface area (Å²) >= 11 is -1.32. The number of hydrogen-bond acceptors (Lipinski definition) is 5. The quantitative estimate of drug-likeness (QED) is 0.437. The maximum atomic E-state index is 13.0. The Morgan fingerprint density at radius 1 is 1.33 bits per heavy atom. The van der Waals surface area contributed by atoms with Crippen LogP contribution in [-0.4, -0.2) is 57.0 Å². The highest BCUT2D eigenvalue weighted by Crippen LogP contribution is 2.34. The number of halogens is 3. The van der Waals surface area contributed by atoms with Crippen molar-refractivity contribution in [1.29, 1.82) is 0 Å². The molecule has 0 saturated heterocycles. The summed E-state index contributed by atoms with van der Waals surface area (Å²) in [5.41, 5.74) is 1.72. The van der Waals surface area contributed by atoms with Crippen LogP contribution >= 0.6 is 0 Å². The van der Waals surface area contributed by atoms with E-state index in [9.17, 15) is 27.3 Å². The van der Waals surface area contributed by atoms with Crippen molar-refractivity contribution in [3.8, 4) is 5.75 Å². The standard InChI is InChI=1S/C24H29F3N4O4S/c1-36(34)13-20(32)29-22-21-19(30-31(22)10-9-15-5-6-15)12-17(28-23(21)33)8-7-16-3-2-4-18(11-16)35-14-24(25,26)27/h2-4,11,15,17H,5-10,12-14H2,1H3,(H,28,33)(H,29,32)/t17-,36?/m0/s1. The van der Waals surface area contributed by atoms with Gasteiger partial charge in [0.15, 0.2) is 12.4 Å². The third kappa shape index (κ3) is 7.39. The van der Waals surface area contributed by atoms with Gasteiger partial charge in [-0.1, -0.05) is 25.0 Å². The zero-order valence-electron chi connectivity index (χ0n) is 19.9. The fourth-order valence-corrected chi connectivity index (χ4v) is 4.70. The van der Waals surface area contributed by atoms with Gasteiger partial charge < -0.3 is 19.9 Å². The van der Waals surface area contributed by atoms with E-state index in [1.165, 1.54) is 25.2 Å². The maximum Gasteiger partial charge on any atom is 0.422 e. The second-order valence-electron chi connectivity index (χ2n) is 9.36. The number of amides is 2. The molecule has 2 heterocycles. The van der Waals surface area contributed by atoms with Crippen molar-refractivity contribution in [2.24, 2.45) is 5.92 Å². The number of aromatic nitrogens is 2. The Balaban J connectivity index is 1.43. The lowest BCUT2D eigenvalue weighted by Gasteiger charge is -2.23. The molecule has 1 aromatic heterocycles. The minimum atomic E-state index is -4.41. The molecule has 1 aliphatic heterocycles. The molecule has 0 bridgehead atoms. The fourth-order valence-electron chi connectivity index (χ4n) is 4.26. The molecule has 8 nitrogen and oxygen atoms in total. The lowest BCUT2D eigenvalue weighted by atomic mass is 9.96. The van der Waals surface area contributed by atoms with Gasteiger partial charge >= 0.3 is 6.18 Å². The Kier molecular flexibility index (Phi) is 8.13. The van der Waals surface area contributed by atoms with E-state index in [1.807, 2.05) is 0 Å². The van der Waals surface area contributed by atoms with Gasteiger partial charge in [-0.05, 0) is 54.1 Å². The molecular weight excluding hydrogens is 497 g/mol. The first-order valence-electron chi connectivity index (χ1n) is 11.9. The number of aryl methyl sites for hydroxylation is 2. The smallest absolute Gasteiger partial charge is 0.422 e. The van der Waals surface area contributed by atoms with Gasteiger partial charge in [0.2, 0.25) is 0 Å². The molecule has 2 aromatic rings. The van der Waals surface area contributed by atoms with Gasteiger partial charge in [-0.15, -0.1) is 0 Å². The Morgan fingerprint density at radius 2 is 2.11 bits per heavy atom. The third-order valence-corrected chi connectivity index (χ3v) is 6.82. The second-order valence-corrected chi connectivity index (χ2v) is 10.8. The van der Waals surface area contributed by atoms with Gasteiger partial charge in [0.25, 0.3) is 11.8 Å². The first-order valence-corrected chi connectivity index (χ1v) is 13.6. The SMILES string of the molecule is C[S+]([O-])CC(=O)Nc1c2c(nn1CCC1CC1)C[C@H](CCc1cccc(OCC(F)(F)F)c1)NC2=O. The highest BCUT2D eigenvalue weighted by Gasteiger charge is 2.33. The summed E-state index contributed by atoms with van der Waals surface area (Å²) in [5, 5.41) is 10.3. The van der Waals surface area contributed by atoms with Crippen molar-refractivity contribution in [1.82, 2.24) is 15.1 Å². The van der Waals surface area contributed by atoms with Crippen molar-refractivity contribution < 1.29 is 32.0 Å². The first-order chi connectivity index (χ1) is 17.1. The van der Waals surface area contributed by atoms with E-state index < -0.39 is 29.9 Å². The fraction of sp³-hybridized carbons (Fsp3) is 0.542. The van der Waals surface area contributed by atoms with E-state index in [4.69, 9.17) is 4.74 Å². The van der Waals surface area contributed by atoms with Crippen LogP contribution in [0.4, 0.5) is 19.0 Å². The minimum absolute atomic E-state index is 0.141. The van der Waals surface area contributed by atoms with Crippen molar-refractivity contribution in [3.05, 3.63) is 41.1 Å². The van der Waals surface area contributed by atoms with Crippen LogP contribution in [0.1, 0.15) is 47.3 Å². The highest BCUT2D eigenvalue weighted by molar-refractivity contribution is 7.91. The second kappa shape index (κ2) is 11.1. The molecule has 36 heavy (non-hydrogen) atoms. The van der Waals surface area contributed by atoms with Crippen LogP contribution in [0.2, 0.25) is 0 Å². The van der Waals surface area contributed by atoms with E-state index in [-0.39, 0.29) is 23.5 Å². The monoisotopic (exact) mass is 526 g/mol. The summed E-state index contributed by atoms with van der Waals surface area (Å²) in [7, 11) is 0. The van der Waals surface area contributed by atoms with Crippen LogP contribution < -0.4 is 15.4 Å². The lowest BCUT2D eigenvalue weighted by Crippen LogP contribution is -2.41. The van der Waals surface area contributed by atoms with Crippen molar-refractivity contribution >= 4 is 28.8 Å². The van der Waals surface area contributed by atoms with Gasteiger partial charge in [0.05, 0.1) is 11.9 Å². The molecule has 1 fully saturated rings. The number of nitrogens with one attached hydrogen (secondary N) is 2. The summed E-state index contributed by atoms with van der Waals surface area (Å²) in [4.78, 5) is 25.3. The minimum Gasteiger partial charge on any atom is -0.616 e. The van der Waals surface area contributed by atoms with E-state index in [0.717, 1.165) is 12.0 Å². The predicted octanol–water partition coefficient (Wildman–Crippen LogP) is 3.23. The van der Waals surface area contributed by atoms with Crippen LogP contribution in [0.5, 0.6) is 5.75 Å². The van der Waals surface area contributed by atoms with Crippen molar-refractivity contribution in [2.75, 3.05) is 23.9 Å². The third-order valence-electron chi connectivity index (χ3n) is 6.15. The molecule has 4 rings (SSSR count). The number of hydrogen-bond donors (Lipinski definition) is 2. The Bertz CT molecular complexity index is 1100.